The zero-order valence-corrected chi connectivity index (χ0v) is 16.0. The maximum absolute atomic E-state index is 12.5. The van der Waals surface area contributed by atoms with E-state index in [9.17, 15) is 4.79 Å². The van der Waals surface area contributed by atoms with Gasteiger partial charge in [0, 0.05) is 24.2 Å². The molecule has 0 fully saturated rings. The van der Waals surface area contributed by atoms with E-state index in [0.717, 1.165) is 53.5 Å². The number of anilines is 1. The van der Waals surface area contributed by atoms with E-state index in [1.165, 1.54) is 17.8 Å². The Bertz CT molecular complexity index is 962. The number of nitrogens with one attached hydrogen (secondary N) is 1. The number of benzene rings is 1. The van der Waals surface area contributed by atoms with E-state index in [0.29, 0.717) is 10.7 Å². The van der Waals surface area contributed by atoms with Gasteiger partial charge in [0.25, 0.3) is 5.91 Å². The van der Waals surface area contributed by atoms with Crippen molar-refractivity contribution in [2.24, 2.45) is 0 Å². The van der Waals surface area contributed by atoms with Crippen LogP contribution < -0.4 is 5.32 Å². The van der Waals surface area contributed by atoms with E-state index in [4.69, 9.17) is 11.6 Å². The number of aryl methyl sites for hydroxylation is 2. The minimum absolute atomic E-state index is 0.106. The van der Waals surface area contributed by atoms with Gasteiger partial charge in [0.05, 0.1) is 9.90 Å². The third-order valence-electron chi connectivity index (χ3n) is 4.64. The van der Waals surface area contributed by atoms with E-state index in [1.54, 1.807) is 6.07 Å². The van der Waals surface area contributed by atoms with E-state index in [-0.39, 0.29) is 5.91 Å². The van der Waals surface area contributed by atoms with Crippen molar-refractivity contribution in [3.63, 3.8) is 0 Å². The average Bonchev–Trinajstić information content (AvgIpc) is 3.16. The normalized spacial score (nSPS) is 13.9. The number of amides is 1. The molecule has 0 unspecified atom stereocenters. The van der Waals surface area contributed by atoms with E-state index in [1.807, 2.05) is 30.5 Å². The highest BCUT2D eigenvalue weighted by Crippen LogP contribution is 2.31. The van der Waals surface area contributed by atoms with Crippen molar-refractivity contribution >= 4 is 34.5 Å². The van der Waals surface area contributed by atoms with Gasteiger partial charge in [0.2, 0.25) is 0 Å². The van der Waals surface area contributed by atoms with E-state index >= 15 is 0 Å². The monoisotopic (exact) mass is 386 g/mol. The zero-order chi connectivity index (χ0) is 18.1. The second-order valence-corrected chi connectivity index (χ2v) is 7.81. The summed E-state index contributed by atoms with van der Waals surface area (Å²) in [5, 5.41) is 14.2. The summed E-state index contributed by atoms with van der Waals surface area (Å²) in [7, 11) is 0. The summed E-state index contributed by atoms with van der Waals surface area (Å²) in [4.78, 5) is 13.2. The number of hydrogen-bond acceptors (Lipinski definition) is 4. The molecule has 1 aromatic carbocycles. The fraction of sp³-hybridized carbons (Fsp3) is 0.316. The first kappa shape index (κ1) is 17.2. The van der Waals surface area contributed by atoms with Crippen LogP contribution in [-0.2, 0) is 13.0 Å². The van der Waals surface area contributed by atoms with Gasteiger partial charge in [-0.2, -0.15) is 0 Å². The molecule has 1 aliphatic rings. The lowest BCUT2D eigenvalue weighted by Gasteiger charge is -2.11. The number of nitrogens with zero attached hydrogens (tertiary/aromatic N) is 3. The fourth-order valence-corrected chi connectivity index (χ4v) is 4.27. The van der Waals surface area contributed by atoms with Gasteiger partial charge in [-0.1, -0.05) is 18.0 Å². The van der Waals surface area contributed by atoms with Crippen LogP contribution in [0.5, 0.6) is 0 Å². The van der Waals surface area contributed by atoms with Gasteiger partial charge in [-0.25, -0.2) is 0 Å². The summed E-state index contributed by atoms with van der Waals surface area (Å²) in [5.41, 5.74) is 2.48. The van der Waals surface area contributed by atoms with Crippen LogP contribution in [-0.4, -0.2) is 20.7 Å². The van der Waals surface area contributed by atoms with Crippen LogP contribution in [0.15, 0.2) is 29.6 Å². The largest absolute Gasteiger partial charge is 0.321 e. The maximum atomic E-state index is 12.5. The third kappa shape index (κ3) is 3.27. The van der Waals surface area contributed by atoms with Crippen LogP contribution in [0.1, 0.15) is 40.3 Å². The topological polar surface area (TPSA) is 59.8 Å². The molecule has 7 heteroatoms. The van der Waals surface area contributed by atoms with Gasteiger partial charge in [-0.3, -0.25) is 4.79 Å². The smallest absolute Gasteiger partial charge is 0.265 e. The number of carbonyl (C=O) groups excluding carboxylic acids is 1. The van der Waals surface area contributed by atoms with Gasteiger partial charge >= 0.3 is 0 Å². The van der Waals surface area contributed by atoms with E-state index < -0.39 is 0 Å². The molecule has 0 spiro atoms. The standard InChI is InChI=1S/C19H19ClN4OS/c1-12-8-10-26-17(12)19(25)21-13-6-7-15(20)14(11-13)18-23-22-16-5-3-2-4-9-24(16)18/h6-8,10-11H,2-5,9H2,1H3,(H,21,25). The number of rotatable bonds is 3. The fourth-order valence-electron chi connectivity index (χ4n) is 3.25. The Morgan fingerprint density at radius 1 is 1.23 bits per heavy atom. The Morgan fingerprint density at radius 2 is 2.12 bits per heavy atom. The number of halogens is 1. The van der Waals surface area contributed by atoms with Crippen LogP contribution in [0.3, 0.4) is 0 Å². The Morgan fingerprint density at radius 3 is 2.92 bits per heavy atom. The Labute approximate surface area is 161 Å². The summed E-state index contributed by atoms with van der Waals surface area (Å²) in [5.74, 6) is 1.68. The molecule has 4 rings (SSSR count). The highest BCUT2D eigenvalue weighted by Gasteiger charge is 2.19. The average molecular weight is 387 g/mol. The van der Waals surface area contributed by atoms with Crippen molar-refractivity contribution < 1.29 is 4.79 Å². The van der Waals surface area contributed by atoms with Crippen molar-refractivity contribution in [2.45, 2.75) is 39.2 Å². The minimum atomic E-state index is -0.106. The van der Waals surface area contributed by atoms with Gasteiger partial charge in [0.15, 0.2) is 5.82 Å². The van der Waals surface area contributed by atoms with Crippen LogP contribution in [0.25, 0.3) is 11.4 Å². The Balaban J connectivity index is 1.66. The van der Waals surface area contributed by atoms with E-state index in [2.05, 4.69) is 20.1 Å². The third-order valence-corrected chi connectivity index (χ3v) is 5.99. The number of carbonyl (C=O) groups is 1. The summed E-state index contributed by atoms with van der Waals surface area (Å²) >= 11 is 7.88. The first-order valence-electron chi connectivity index (χ1n) is 8.71. The van der Waals surface area contributed by atoms with Crippen LogP contribution in [0.4, 0.5) is 5.69 Å². The summed E-state index contributed by atoms with van der Waals surface area (Å²) in [6, 6.07) is 7.43. The molecule has 0 atom stereocenters. The predicted molar refractivity (Wildman–Crippen MR) is 105 cm³/mol. The van der Waals surface area contributed by atoms with Crippen molar-refractivity contribution in [3.05, 3.63) is 50.9 Å². The first-order chi connectivity index (χ1) is 12.6. The van der Waals surface area contributed by atoms with Crippen molar-refractivity contribution in [1.29, 1.82) is 0 Å². The van der Waals surface area contributed by atoms with Crippen LogP contribution >= 0.6 is 22.9 Å². The molecule has 0 aliphatic carbocycles. The van der Waals surface area contributed by atoms with Crippen LogP contribution in [0.2, 0.25) is 5.02 Å². The molecule has 0 bridgehead atoms. The number of fused-ring (bicyclic) bond motifs is 1. The van der Waals surface area contributed by atoms with Crippen LogP contribution in [0, 0.1) is 6.92 Å². The molecule has 3 heterocycles. The lowest BCUT2D eigenvalue weighted by atomic mass is 10.1. The molecule has 1 aliphatic heterocycles. The highest BCUT2D eigenvalue weighted by atomic mass is 35.5. The molecule has 1 amide bonds. The van der Waals surface area contributed by atoms with Gasteiger partial charge in [0.1, 0.15) is 5.82 Å². The van der Waals surface area contributed by atoms with Crippen molar-refractivity contribution in [3.8, 4) is 11.4 Å². The molecule has 134 valence electrons. The summed E-state index contributed by atoms with van der Waals surface area (Å²) < 4.78 is 2.16. The minimum Gasteiger partial charge on any atom is -0.321 e. The Hall–Kier alpha value is -2.18. The predicted octanol–water partition coefficient (Wildman–Crippen LogP) is 4.95. The van der Waals surface area contributed by atoms with Gasteiger partial charge in [-0.15, -0.1) is 21.5 Å². The molecule has 0 saturated heterocycles. The lowest BCUT2D eigenvalue weighted by molar-refractivity contribution is 0.103. The molecule has 3 aromatic rings. The molecule has 1 N–H and O–H groups in total. The maximum Gasteiger partial charge on any atom is 0.265 e. The Kier molecular flexibility index (Phi) is 4.78. The molecular weight excluding hydrogens is 368 g/mol. The number of thiophene rings is 1. The second-order valence-electron chi connectivity index (χ2n) is 6.48. The molecule has 0 radical (unpaired) electrons. The summed E-state index contributed by atoms with van der Waals surface area (Å²) in [6.07, 6.45) is 4.40. The summed E-state index contributed by atoms with van der Waals surface area (Å²) in [6.45, 7) is 2.84. The lowest BCUT2D eigenvalue weighted by Crippen LogP contribution is -2.11. The van der Waals surface area contributed by atoms with Crippen molar-refractivity contribution in [1.82, 2.24) is 14.8 Å². The zero-order valence-electron chi connectivity index (χ0n) is 14.5. The highest BCUT2D eigenvalue weighted by molar-refractivity contribution is 7.12. The quantitative estimate of drug-likeness (QED) is 0.693. The molecule has 0 saturated carbocycles. The molecule has 2 aromatic heterocycles. The van der Waals surface area contributed by atoms with Crippen molar-refractivity contribution in [2.75, 3.05) is 5.32 Å². The SMILES string of the molecule is Cc1ccsc1C(=O)Nc1ccc(Cl)c(-c2nnc3n2CCCCC3)c1. The molecule has 26 heavy (non-hydrogen) atoms. The second kappa shape index (κ2) is 7.21. The first-order valence-corrected chi connectivity index (χ1v) is 9.96. The van der Waals surface area contributed by atoms with Gasteiger partial charge < -0.3 is 9.88 Å². The van der Waals surface area contributed by atoms with Gasteiger partial charge in [-0.05, 0) is 55.0 Å². The molecular formula is C19H19ClN4OS. The number of hydrogen-bond donors (Lipinski definition) is 1. The number of aromatic nitrogens is 3. The molecule has 5 nitrogen and oxygen atoms in total.